The number of pyridine rings is 2. The molecule has 4 rings (SSSR count). The van der Waals surface area contributed by atoms with Crippen LogP contribution in [0.4, 0.5) is 11.6 Å². The smallest absolute Gasteiger partial charge is 0.260 e. The molecule has 15 nitrogen and oxygen atoms in total. The zero-order chi connectivity index (χ0) is 35.3. The molecule has 268 valence electrons. The van der Waals surface area contributed by atoms with Crippen molar-refractivity contribution in [1.29, 1.82) is 0 Å². The van der Waals surface area contributed by atoms with E-state index in [1.54, 1.807) is 11.2 Å². The van der Waals surface area contributed by atoms with Crippen molar-refractivity contribution >= 4 is 23.5 Å². The van der Waals surface area contributed by atoms with E-state index in [1.807, 2.05) is 61.6 Å². The van der Waals surface area contributed by atoms with Crippen molar-refractivity contribution in [2.45, 2.75) is 66.7 Å². The number of rotatable bonds is 21. The predicted molar refractivity (Wildman–Crippen MR) is 188 cm³/mol. The van der Waals surface area contributed by atoms with Crippen LogP contribution in [0.1, 0.15) is 62.7 Å². The molecular weight excluding hydrogens is 628 g/mol. The summed E-state index contributed by atoms with van der Waals surface area (Å²) in [7, 11) is 1.96. The average Bonchev–Trinajstić information content (AvgIpc) is 3.71. The second kappa shape index (κ2) is 18.7. The van der Waals surface area contributed by atoms with Crippen molar-refractivity contribution in [3.8, 4) is 11.5 Å². The second-order valence-electron chi connectivity index (χ2n) is 12.6. The van der Waals surface area contributed by atoms with Crippen LogP contribution in [-0.4, -0.2) is 107 Å². The first-order valence-electron chi connectivity index (χ1n) is 17.1. The summed E-state index contributed by atoms with van der Waals surface area (Å²) in [6.45, 7) is 14.6. The lowest BCUT2D eigenvalue weighted by Gasteiger charge is -2.28. The van der Waals surface area contributed by atoms with Crippen LogP contribution in [0.3, 0.4) is 0 Å². The van der Waals surface area contributed by atoms with E-state index in [2.05, 4.69) is 34.7 Å². The zero-order valence-electron chi connectivity index (χ0n) is 29.6. The fraction of sp³-hybridized carbons (Fsp3) is 0.588. The Balaban J connectivity index is 1.27. The molecule has 1 aliphatic heterocycles. The quantitative estimate of drug-likeness (QED) is 0.125. The number of aromatic nitrogens is 5. The molecule has 15 heteroatoms. The molecule has 0 saturated carbocycles. The van der Waals surface area contributed by atoms with Crippen LogP contribution in [0.5, 0.6) is 0 Å². The van der Waals surface area contributed by atoms with Crippen molar-refractivity contribution in [3.63, 3.8) is 0 Å². The Morgan fingerprint density at radius 2 is 1.86 bits per heavy atom. The van der Waals surface area contributed by atoms with E-state index in [1.165, 1.54) is 0 Å². The molecule has 3 aromatic rings. The highest BCUT2D eigenvalue weighted by Gasteiger charge is 2.33. The van der Waals surface area contributed by atoms with Gasteiger partial charge in [0.05, 0.1) is 44.2 Å². The summed E-state index contributed by atoms with van der Waals surface area (Å²) in [5.41, 5.74) is 2.84. The van der Waals surface area contributed by atoms with Gasteiger partial charge >= 0.3 is 0 Å². The topological polar surface area (TPSA) is 166 Å². The Morgan fingerprint density at radius 1 is 1.08 bits per heavy atom. The Morgan fingerprint density at radius 3 is 2.59 bits per heavy atom. The largest absolute Gasteiger partial charge is 0.785 e. The van der Waals surface area contributed by atoms with Crippen molar-refractivity contribution in [2.75, 3.05) is 69.5 Å². The number of hydrogen-bond acceptors (Lipinski definition) is 12. The van der Waals surface area contributed by atoms with Crippen LogP contribution in [0, 0.1) is 11.1 Å². The summed E-state index contributed by atoms with van der Waals surface area (Å²) in [6, 6.07) is 7.58. The fourth-order valence-corrected chi connectivity index (χ4v) is 5.09. The molecule has 0 atom stereocenters. The number of nitrogens with zero attached hydrogens (tertiary/aromatic N) is 8. The highest BCUT2D eigenvalue weighted by atomic mass is 16.5. The van der Waals surface area contributed by atoms with Crippen LogP contribution in [0.25, 0.3) is 11.5 Å². The highest BCUT2D eigenvalue weighted by Crippen LogP contribution is 2.32. The predicted octanol–water partition coefficient (Wildman–Crippen LogP) is 2.84. The van der Waals surface area contributed by atoms with Crippen molar-refractivity contribution in [1.82, 2.24) is 40.4 Å². The molecule has 0 spiro atoms. The number of aryl methyl sites for hydroxylation is 1. The minimum Gasteiger partial charge on any atom is -0.785 e. The van der Waals surface area contributed by atoms with Gasteiger partial charge in [-0.15, -0.1) is 10.2 Å². The molecule has 0 radical (unpaired) electrons. The third-order valence-corrected chi connectivity index (χ3v) is 8.19. The maximum absolute atomic E-state index is 13.8. The molecule has 2 amide bonds. The fourth-order valence-electron chi connectivity index (χ4n) is 5.09. The molecule has 2 N–H and O–H groups in total. The van der Waals surface area contributed by atoms with Gasteiger partial charge in [-0.1, -0.05) is 19.9 Å². The van der Waals surface area contributed by atoms with Gasteiger partial charge in [-0.3, -0.25) is 14.5 Å². The van der Waals surface area contributed by atoms with Crippen LogP contribution in [0.2, 0.25) is 0 Å². The number of carbonyl (C=O) groups excluding carboxylic acids is 2. The van der Waals surface area contributed by atoms with Gasteiger partial charge in [-0.25, -0.2) is 9.97 Å². The second-order valence-corrected chi connectivity index (χ2v) is 12.6. The summed E-state index contributed by atoms with van der Waals surface area (Å²) in [5, 5.41) is 27.8. The molecule has 0 saturated heterocycles. The first-order valence-corrected chi connectivity index (χ1v) is 17.1. The summed E-state index contributed by atoms with van der Waals surface area (Å²) in [6.07, 6.45) is 1.98. The number of carbonyl (C=O) groups is 2. The number of nitrogens with one attached hydrogen (secondary N) is 2. The monoisotopic (exact) mass is 679 g/mol. The first-order chi connectivity index (χ1) is 23.6. The maximum Gasteiger partial charge on any atom is 0.260 e. The lowest BCUT2D eigenvalue weighted by molar-refractivity contribution is -0.122. The molecule has 3 aromatic heterocycles. The molecular formula is C34H51N10O5-. The Kier molecular flexibility index (Phi) is 14.4. The molecule has 0 bridgehead atoms. The minimum absolute atomic E-state index is 0.0232. The summed E-state index contributed by atoms with van der Waals surface area (Å²) < 4.78 is 12.9. The molecule has 0 unspecified atom stereocenters. The van der Waals surface area contributed by atoms with Gasteiger partial charge in [0.25, 0.3) is 5.91 Å². The van der Waals surface area contributed by atoms with Crippen LogP contribution in [0.15, 0.2) is 30.6 Å². The number of ether oxygens (including phenoxy) is 2. The van der Waals surface area contributed by atoms with E-state index in [4.69, 9.17) is 19.4 Å². The lowest BCUT2D eigenvalue weighted by Crippen LogP contribution is -2.31. The Hall–Kier alpha value is -4.02. The summed E-state index contributed by atoms with van der Waals surface area (Å²) >= 11 is 0. The zero-order valence-corrected chi connectivity index (χ0v) is 29.6. The van der Waals surface area contributed by atoms with E-state index < -0.39 is 0 Å². The van der Waals surface area contributed by atoms with Crippen LogP contribution in [-0.2, 0) is 33.9 Å². The third kappa shape index (κ3) is 10.7. The SMILES string of the molecule is CCn1cnnc1-c1cccc(N2Cc3c(cc(N(C)C(C)C)nc3CNCCN([O-])CCOCCOCCC(=O)NCC(C)C)C2=O)n1. The van der Waals surface area contributed by atoms with E-state index in [0.29, 0.717) is 93.6 Å². The Labute approximate surface area is 289 Å². The first kappa shape index (κ1) is 37.8. The number of fused-ring (bicyclic) bond motifs is 1. The number of hydrogen-bond donors (Lipinski definition) is 2. The number of hydroxylamine groups is 2. The van der Waals surface area contributed by atoms with Gasteiger partial charge in [-0.05, 0) is 51.4 Å². The Bertz CT molecular complexity index is 1510. The van der Waals surface area contributed by atoms with E-state index >= 15 is 0 Å². The van der Waals surface area contributed by atoms with Gasteiger partial charge in [0.15, 0.2) is 5.82 Å². The summed E-state index contributed by atoms with van der Waals surface area (Å²) in [5.74, 6) is 2.13. The van der Waals surface area contributed by atoms with Gasteiger partial charge in [0.1, 0.15) is 23.7 Å². The normalized spacial score (nSPS) is 12.9. The summed E-state index contributed by atoms with van der Waals surface area (Å²) in [4.78, 5) is 38.9. The van der Waals surface area contributed by atoms with Gasteiger partial charge in [-0.2, -0.15) is 0 Å². The molecule has 1 aliphatic rings. The van der Waals surface area contributed by atoms with Gasteiger partial charge in [0.2, 0.25) is 5.91 Å². The molecule has 0 aliphatic carbocycles. The van der Waals surface area contributed by atoms with E-state index in [-0.39, 0.29) is 37.6 Å². The molecule has 49 heavy (non-hydrogen) atoms. The van der Waals surface area contributed by atoms with Crippen molar-refractivity contribution in [2.24, 2.45) is 5.92 Å². The van der Waals surface area contributed by atoms with Crippen LogP contribution < -0.4 is 20.4 Å². The average molecular weight is 680 g/mol. The third-order valence-electron chi connectivity index (χ3n) is 8.19. The standard InChI is InChI=1S/C34H51N10O5/c1-7-42-23-37-40-33(42)28-9-8-10-30(38-28)44-22-27-26(34(44)46)19-31(41(6)25(4)5)39-29(27)21-35-12-13-43(47)14-16-49-18-17-48-15-11-32(45)36-20-24(2)3/h8-10,19,23-25,35H,7,11-18,20-22H2,1-6H3,(H,36,45)/q-1. The van der Waals surface area contributed by atoms with E-state index in [0.717, 1.165) is 16.3 Å². The molecule has 4 heterocycles. The van der Waals surface area contributed by atoms with Crippen molar-refractivity contribution < 1.29 is 19.1 Å². The molecule has 0 fully saturated rings. The van der Waals surface area contributed by atoms with E-state index in [9.17, 15) is 14.8 Å². The molecule has 0 aromatic carbocycles. The lowest BCUT2D eigenvalue weighted by atomic mass is 10.1. The van der Waals surface area contributed by atoms with Gasteiger partial charge < -0.3 is 39.8 Å². The number of anilines is 2. The highest BCUT2D eigenvalue weighted by molar-refractivity contribution is 6.10. The number of amides is 2. The van der Waals surface area contributed by atoms with Gasteiger partial charge in [0, 0.05) is 57.8 Å². The van der Waals surface area contributed by atoms with Crippen molar-refractivity contribution in [3.05, 3.63) is 52.6 Å². The van der Waals surface area contributed by atoms with Crippen LogP contribution >= 0.6 is 0 Å². The minimum atomic E-state index is -0.137. The maximum atomic E-state index is 13.8.